The Morgan fingerprint density at radius 2 is 1.95 bits per heavy atom. The van der Waals surface area contributed by atoms with Crippen LogP contribution in [0.1, 0.15) is 36.5 Å². The third kappa shape index (κ3) is 2.84. The molecule has 1 saturated carbocycles. The largest absolute Gasteiger partial charge is 0.351 e. The number of nitrogens with one attached hydrogen (secondary N) is 2. The second kappa shape index (κ2) is 5.13. The molecule has 6 heteroatoms. The quantitative estimate of drug-likeness (QED) is 0.567. The molecule has 0 radical (unpaired) electrons. The number of halogens is 2. The molecule has 1 aliphatic carbocycles. The highest BCUT2D eigenvalue weighted by Gasteiger charge is 2.40. The predicted molar refractivity (Wildman–Crippen MR) is 68.5 cm³/mol. The summed E-state index contributed by atoms with van der Waals surface area (Å²) in [6, 6.07) is 1.94. The van der Waals surface area contributed by atoms with Gasteiger partial charge >= 0.3 is 0 Å². The van der Waals surface area contributed by atoms with E-state index in [2.05, 4.69) is 12.2 Å². The Morgan fingerprint density at radius 3 is 2.37 bits per heavy atom. The van der Waals surface area contributed by atoms with E-state index in [0.29, 0.717) is 6.54 Å². The molecule has 0 aliphatic heterocycles. The normalized spacial score (nSPS) is 16.0. The molecule has 0 unspecified atom stereocenters. The summed E-state index contributed by atoms with van der Waals surface area (Å²) in [6.45, 7) is 2.61. The highest BCUT2D eigenvalue weighted by atomic mass is 19.1. The average molecular weight is 269 g/mol. The zero-order valence-electron chi connectivity index (χ0n) is 10.7. The Balaban J connectivity index is 2.07. The number of rotatable bonds is 5. The average Bonchev–Trinajstić information content (AvgIpc) is 3.16. The van der Waals surface area contributed by atoms with Gasteiger partial charge in [-0.15, -0.1) is 0 Å². The molecular weight excluding hydrogens is 252 g/mol. The number of hydrogen-bond donors (Lipinski definition) is 3. The number of nitrogen functional groups attached to an aromatic ring is 1. The van der Waals surface area contributed by atoms with Gasteiger partial charge in [0.25, 0.3) is 5.91 Å². The first-order valence-electron chi connectivity index (χ1n) is 6.25. The number of anilines is 1. The fourth-order valence-electron chi connectivity index (χ4n) is 2.04. The Labute approximate surface area is 110 Å². The van der Waals surface area contributed by atoms with Crippen molar-refractivity contribution in [2.75, 3.05) is 12.0 Å². The maximum absolute atomic E-state index is 13.5. The second-order valence-corrected chi connectivity index (χ2v) is 5.00. The molecule has 0 spiro atoms. The first-order chi connectivity index (χ1) is 9.01. The van der Waals surface area contributed by atoms with Crippen LogP contribution in [-0.2, 0) is 0 Å². The summed E-state index contributed by atoms with van der Waals surface area (Å²) in [5.74, 6) is 2.75. The standard InChI is InChI=1S/C13H17F2N3O/c1-2-13(3-4-13)7-17-12(19)8-5-9(14)11(18-16)10(15)6-8/h5-6,18H,2-4,7,16H2,1H3,(H,17,19). The molecule has 4 nitrogen and oxygen atoms in total. The van der Waals surface area contributed by atoms with Crippen molar-refractivity contribution in [3.8, 4) is 0 Å². The predicted octanol–water partition coefficient (Wildman–Crippen LogP) is 2.17. The van der Waals surface area contributed by atoms with Gasteiger partial charge in [-0.05, 0) is 36.8 Å². The topological polar surface area (TPSA) is 67.2 Å². The van der Waals surface area contributed by atoms with Crippen molar-refractivity contribution in [3.05, 3.63) is 29.3 Å². The number of carbonyl (C=O) groups excluding carboxylic acids is 1. The van der Waals surface area contributed by atoms with Crippen molar-refractivity contribution in [2.24, 2.45) is 11.3 Å². The monoisotopic (exact) mass is 269 g/mol. The summed E-state index contributed by atoms with van der Waals surface area (Å²) in [5, 5.41) is 2.72. The van der Waals surface area contributed by atoms with Crippen molar-refractivity contribution in [1.29, 1.82) is 0 Å². The maximum atomic E-state index is 13.5. The molecule has 0 heterocycles. The summed E-state index contributed by atoms with van der Waals surface area (Å²) < 4.78 is 26.9. The number of nitrogens with two attached hydrogens (primary N) is 1. The Morgan fingerprint density at radius 1 is 1.37 bits per heavy atom. The van der Waals surface area contributed by atoms with Gasteiger partial charge in [0, 0.05) is 12.1 Å². The lowest BCUT2D eigenvalue weighted by Gasteiger charge is -2.14. The van der Waals surface area contributed by atoms with Crippen LogP contribution in [0.4, 0.5) is 14.5 Å². The second-order valence-electron chi connectivity index (χ2n) is 5.00. The van der Waals surface area contributed by atoms with Crippen LogP contribution in [0, 0.1) is 17.0 Å². The number of carbonyl (C=O) groups is 1. The van der Waals surface area contributed by atoms with Gasteiger partial charge in [-0.1, -0.05) is 6.92 Å². The van der Waals surface area contributed by atoms with Crippen LogP contribution in [0.5, 0.6) is 0 Å². The lowest BCUT2D eigenvalue weighted by molar-refractivity contribution is 0.0943. The molecule has 0 atom stereocenters. The van der Waals surface area contributed by atoms with E-state index in [1.165, 1.54) is 0 Å². The Kier molecular flexibility index (Phi) is 3.71. The molecular formula is C13H17F2N3O. The molecule has 0 saturated heterocycles. The van der Waals surface area contributed by atoms with Gasteiger partial charge in [0.15, 0.2) is 11.6 Å². The van der Waals surface area contributed by atoms with Crippen LogP contribution in [0.3, 0.4) is 0 Å². The molecule has 1 aliphatic rings. The third-order valence-corrected chi connectivity index (χ3v) is 3.78. The van der Waals surface area contributed by atoms with Crippen LogP contribution in [0.2, 0.25) is 0 Å². The molecule has 4 N–H and O–H groups in total. The summed E-state index contributed by atoms with van der Waals surface area (Å²) in [6.07, 6.45) is 3.16. The van der Waals surface area contributed by atoms with Gasteiger partial charge in [-0.3, -0.25) is 10.6 Å². The van der Waals surface area contributed by atoms with Gasteiger partial charge in [0.2, 0.25) is 0 Å². The first-order valence-corrected chi connectivity index (χ1v) is 6.25. The van der Waals surface area contributed by atoms with Crippen LogP contribution in [0.25, 0.3) is 0 Å². The van der Waals surface area contributed by atoms with Crippen molar-refractivity contribution in [1.82, 2.24) is 5.32 Å². The van der Waals surface area contributed by atoms with E-state index in [1.54, 1.807) is 0 Å². The van der Waals surface area contributed by atoms with Gasteiger partial charge in [0.1, 0.15) is 5.69 Å². The van der Waals surface area contributed by atoms with Gasteiger partial charge in [-0.25, -0.2) is 8.78 Å². The molecule has 1 aromatic rings. The third-order valence-electron chi connectivity index (χ3n) is 3.78. The van der Waals surface area contributed by atoms with Crippen LogP contribution in [0.15, 0.2) is 12.1 Å². The van der Waals surface area contributed by atoms with E-state index in [1.807, 2.05) is 5.43 Å². The summed E-state index contributed by atoms with van der Waals surface area (Å²) >= 11 is 0. The number of hydrogen-bond acceptors (Lipinski definition) is 3. The van der Waals surface area contributed by atoms with E-state index in [-0.39, 0.29) is 11.0 Å². The van der Waals surface area contributed by atoms with E-state index in [9.17, 15) is 13.6 Å². The zero-order valence-corrected chi connectivity index (χ0v) is 10.7. The molecule has 0 bridgehead atoms. The summed E-state index contributed by atoms with van der Waals surface area (Å²) in [5.41, 5.74) is 1.63. The van der Waals surface area contributed by atoms with Crippen molar-refractivity contribution in [3.63, 3.8) is 0 Å². The van der Waals surface area contributed by atoms with Crippen LogP contribution < -0.4 is 16.6 Å². The maximum Gasteiger partial charge on any atom is 0.251 e. The highest BCUT2D eigenvalue weighted by Crippen LogP contribution is 2.47. The van der Waals surface area contributed by atoms with E-state index in [4.69, 9.17) is 5.84 Å². The molecule has 0 aromatic heterocycles. The van der Waals surface area contributed by atoms with Crippen LogP contribution >= 0.6 is 0 Å². The van der Waals surface area contributed by atoms with E-state index < -0.39 is 23.2 Å². The number of benzene rings is 1. The van der Waals surface area contributed by atoms with Crippen LogP contribution in [-0.4, -0.2) is 12.5 Å². The number of hydrazine groups is 1. The van der Waals surface area contributed by atoms with E-state index >= 15 is 0 Å². The van der Waals surface area contributed by atoms with Gasteiger partial charge in [-0.2, -0.15) is 0 Å². The Hall–Kier alpha value is -1.69. The van der Waals surface area contributed by atoms with Crippen molar-refractivity contribution < 1.29 is 13.6 Å². The minimum absolute atomic E-state index is 0.0408. The summed E-state index contributed by atoms with van der Waals surface area (Å²) in [7, 11) is 0. The van der Waals surface area contributed by atoms with E-state index in [0.717, 1.165) is 31.4 Å². The van der Waals surface area contributed by atoms with Crippen molar-refractivity contribution in [2.45, 2.75) is 26.2 Å². The highest BCUT2D eigenvalue weighted by molar-refractivity contribution is 5.94. The molecule has 1 amide bonds. The smallest absolute Gasteiger partial charge is 0.251 e. The fraction of sp³-hybridized carbons (Fsp3) is 0.462. The summed E-state index contributed by atoms with van der Waals surface area (Å²) in [4.78, 5) is 11.8. The zero-order chi connectivity index (χ0) is 14.0. The Bertz CT molecular complexity index is 478. The minimum Gasteiger partial charge on any atom is -0.351 e. The fourth-order valence-corrected chi connectivity index (χ4v) is 2.04. The lowest BCUT2D eigenvalue weighted by atomic mass is 10.0. The number of amides is 1. The molecule has 104 valence electrons. The molecule has 1 fully saturated rings. The molecule has 1 aromatic carbocycles. The lowest BCUT2D eigenvalue weighted by Crippen LogP contribution is -2.30. The SMILES string of the molecule is CCC1(CNC(=O)c2cc(F)c(NN)c(F)c2)CC1. The van der Waals surface area contributed by atoms with Gasteiger partial charge < -0.3 is 10.7 Å². The molecule has 2 rings (SSSR count). The molecule has 19 heavy (non-hydrogen) atoms. The van der Waals surface area contributed by atoms with Gasteiger partial charge in [0.05, 0.1) is 0 Å². The first kappa shape index (κ1) is 13.7. The minimum atomic E-state index is -0.885. The van der Waals surface area contributed by atoms with Crippen molar-refractivity contribution >= 4 is 11.6 Å².